The molecule has 0 amide bonds. The van der Waals surface area contributed by atoms with E-state index in [-0.39, 0.29) is 27.7 Å². The number of anilines is 1. The molecule has 1 aromatic heterocycles. The molecule has 0 aliphatic carbocycles. The van der Waals surface area contributed by atoms with Crippen LogP contribution in [-0.2, 0) is 0 Å². The predicted molar refractivity (Wildman–Crippen MR) is 58.9 cm³/mol. The third-order valence-electron chi connectivity index (χ3n) is 2.48. The van der Waals surface area contributed by atoms with E-state index >= 15 is 0 Å². The van der Waals surface area contributed by atoms with Gasteiger partial charge >= 0.3 is 0 Å². The Bertz CT molecular complexity index is 646. The summed E-state index contributed by atoms with van der Waals surface area (Å²) in [5, 5.41) is 8.73. The summed E-state index contributed by atoms with van der Waals surface area (Å²) in [7, 11) is 0. The normalized spacial score (nSPS) is 10.3. The molecule has 0 spiro atoms. The Balaban J connectivity index is 3.03. The van der Waals surface area contributed by atoms with Crippen LogP contribution < -0.4 is 11.3 Å². The smallest absolute Gasteiger partial charge is 0.149 e. The third kappa shape index (κ3) is 1.57. The molecular formula is C11H8F2N4. The van der Waals surface area contributed by atoms with Crippen molar-refractivity contribution in [3.05, 3.63) is 35.0 Å². The van der Waals surface area contributed by atoms with Crippen molar-refractivity contribution in [2.24, 2.45) is 5.84 Å². The van der Waals surface area contributed by atoms with Gasteiger partial charge in [-0.3, -0.25) is 10.8 Å². The number of nitrogens with zero attached hydrogens (tertiary/aromatic N) is 2. The average molecular weight is 234 g/mol. The van der Waals surface area contributed by atoms with Crippen LogP contribution >= 0.6 is 0 Å². The molecule has 0 aliphatic rings. The van der Waals surface area contributed by atoms with E-state index in [1.807, 2.05) is 6.07 Å². The molecule has 0 atom stereocenters. The first-order chi connectivity index (χ1) is 8.10. The first-order valence-electron chi connectivity index (χ1n) is 4.74. The van der Waals surface area contributed by atoms with Gasteiger partial charge in [-0.2, -0.15) is 5.26 Å². The van der Waals surface area contributed by atoms with Crippen molar-refractivity contribution >= 4 is 16.6 Å². The van der Waals surface area contributed by atoms with E-state index in [9.17, 15) is 8.78 Å². The minimum Gasteiger partial charge on any atom is -0.322 e. The Labute approximate surface area is 95.6 Å². The first-order valence-corrected chi connectivity index (χ1v) is 4.74. The lowest BCUT2D eigenvalue weighted by molar-refractivity contribution is 0.608. The zero-order chi connectivity index (χ0) is 12.6. The van der Waals surface area contributed by atoms with Gasteiger partial charge in [0.2, 0.25) is 0 Å². The maximum Gasteiger partial charge on any atom is 0.149 e. The van der Waals surface area contributed by atoms with Gasteiger partial charge in [-0.25, -0.2) is 8.78 Å². The Hall–Kier alpha value is -2.26. The van der Waals surface area contributed by atoms with Gasteiger partial charge in [-0.05, 0) is 18.6 Å². The summed E-state index contributed by atoms with van der Waals surface area (Å²) in [4.78, 5) is 3.73. The van der Waals surface area contributed by atoms with Gasteiger partial charge in [0.25, 0.3) is 0 Å². The molecule has 1 aromatic carbocycles. The molecular weight excluding hydrogens is 226 g/mol. The van der Waals surface area contributed by atoms with Crippen molar-refractivity contribution in [3.63, 3.8) is 0 Å². The van der Waals surface area contributed by atoms with Gasteiger partial charge < -0.3 is 5.43 Å². The Kier molecular flexibility index (Phi) is 2.61. The molecule has 6 heteroatoms. The number of rotatable bonds is 1. The van der Waals surface area contributed by atoms with Crippen LogP contribution in [0.3, 0.4) is 0 Å². The number of benzene rings is 1. The molecule has 3 N–H and O–H groups in total. The van der Waals surface area contributed by atoms with E-state index < -0.39 is 11.6 Å². The minimum atomic E-state index is -0.653. The summed E-state index contributed by atoms with van der Waals surface area (Å²) in [6, 6.07) is 2.86. The fraction of sp³-hybridized carbons (Fsp3) is 0.0909. The molecule has 0 saturated carbocycles. The van der Waals surface area contributed by atoms with Crippen molar-refractivity contribution < 1.29 is 8.78 Å². The van der Waals surface area contributed by atoms with Gasteiger partial charge in [0.15, 0.2) is 0 Å². The number of nitrogens with two attached hydrogens (primary N) is 1. The number of hydrogen-bond donors (Lipinski definition) is 2. The maximum absolute atomic E-state index is 13.9. The second kappa shape index (κ2) is 3.96. The lowest BCUT2D eigenvalue weighted by Gasteiger charge is -2.10. The molecule has 0 fully saturated rings. The van der Waals surface area contributed by atoms with Gasteiger partial charge in [-0.1, -0.05) is 0 Å². The van der Waals surface area contributed by atoms with E-state index in [4.69, 9.17) is 11.1 Å². The summed E-state index contributed by atoms with van der Waals surface area (Å²) >= 11 is 0. The number of hydrazine groups is 1. The zero-order valence-electron chi connectivity index (χ0n) is 8.88. The molecule has 0 bridgehead atoms. The predicted octanol–water partition coefficient (Wildman–Crippen LogP) is 1.98. The quantitative estimate of drug-likeness (QED) is 0.584. The number of aryl methyl sites for hydroxylation is 1. The van der Waals surface area contributed by atoms with Crippen LogP contribution in [-0.4, -0.2) is 4.98 Å². The Morgan fingerprint density at radius 1 is 1.47 bits per heavy atom. The van der Waals surface area contributed by atoms with E-state index in [2.05, 4.69) is 10.4 Å². The number of hydrogen-bond acceptors (Lipinski definition) is 4. The highest BCUT2D eigenvalue weighted by Crippen LogP contribution is 2.30. The van der Waals surface area contributed by atoms with Crippen molar-refractivity contribution in [1.82, 2.24) is 4.98 Å². The lowest BCUT2D eigenvalue weighted by Crippen LogP contribution is -2.10. The topological polar surface area (TPSA) is 74.7 Å². The van der Waals surface area contributed by atoms with Crippen molar-refractivity contribution in [2.75, 3.05) is 5.43 Å². The molecule has 1 heterocycles. The van der Waals surface area contributed by atoms with Crippen molar-refractivity contribution in [1.29, 1.82) is 5.26 Å². The molecule has 0 saturated heterocycles. The Morgan fingerprint density at radius 3 is 2.76 bits per heavy atom. The molecule has 0 unspecified atom stereocenters. The van der Waals surface area contributed by atoms with Crippen LogP contribution in [0.5, 0.6) is 0 Å². The third-order valence-corrected chi connectivity index (χ3v) is 2.48. The molecule has 4 nitrogen and oxygen atoms in total. The standard InChI is InChI=1S/C11H8F2N4/c1-5-2-7(12)11-8(9(5)13)10(17-15)6(3-14)4-16-11/h2,4H,15H2,1H3,(H,16,17). The summed E-state index contributed by atoms with van der Waals surface area (Å²) in [6.07, 6.45) is 1.15. The van der Waals surface area contributed by atoms with Crippen LogP contribution in [0, 0.1) is 29.9 Å². The van der Waals surface area contributed by atoms with Crippen LogP contribution in [0.25, 0.3) is 10.9 Å². The van der Waals surface area contributed by atoms with Crippen LogP contribution in [0.1, 0.15) is 11.1 Å². The van der Waals surface area contributed by atoms with E-state index in [0.717, 1.165) is 12.3 Å². The van der Waals surface area contributed by atoms with Gasteiger partial charge in [0.05, 0.1) is 16.6 Å². The van der Waals surface area contributed by atoms with Crippen molar-refractivity contribution in [3.8, 4) is 6.07 Å². The number of halogens is 2. The zero-order valence-corrected chi connectivity index (χ0v) is 8.88. The van der Waals surface area contributed by atoms with Gasteiger partial charge in [-0.15, -0.1) is 0 Å². The second-order valence-electron chi connectivity index (χ2n) is 3.52. The second-order valence-corrected chi connectivity index (χ2v) is 3.52. The Morgan fingerprint density at radius 2 is 2.18 bits per heavy atom. The highest BCUT2D eigenvalue weighted by Gasteiger charge is 2.17. The summed E-state index contributed by atoms with van der Waals surface area (Å²) in [5.41, 5.74) is 2.29. The van der Waals surface area contributed by atoms with Crippen LogP contribution in [0.4, 0.5) is 14.5 Å². The molecule has 86 valence electrons. The summed E-state index contributed by atoms with van der Waals surface area (Å²) in [5.74, 6) is 3.95. The minimum absolute atomic E-state index is 0.0394. The molecule has 2 rings (SSSR count). The maximum atomic E-state index is 13.9. The van der Waals surface area contributed by atoms with Crippen LogP contribution in [0.2, 0.25) is 0 Å². The highest BCUT2D eigenvalue weighted by atomic mass is 19.1. The van der Waals surface area contributed by atoms with Crippen molar-refractivity contribution in [2.45, 2.75) is 6.92 Å². The lowest BCUT2D eigenvalue weighted by atomic mass is 10.1. The molecule has 2 aromatic rings. The monoisotopic (exact) mass is 234 g/mol. The highest BCUT2D eigenvalue weighted by molar-refractivity contribution is 5.95. The largest absolute Gasteiger partial charge is 0.322 e. The fourth-order valence-electron chi connectivity index (χ4n) is 1.66. The summed E-state index contributed by atoms with van der Waals surface area (Å²) < 4.78 is 27.5. The SMILES string of the molecule is Cc1cc(F)c2ncc(C#N)c(NN)c2c1F. The van der Waals surface area contributed by atoms with Gasteiger partial charge in [0.1, 0.15) is 23.2 Å². The molecule has 17 heavy (non-hydrogen) atoms. The fourth-order valence-corrected chi connectivity index (χ4v) is 1.66. The average Bonchev–Trinajstić information content (AvgIpc) is 2.34. The number of nitrogen functional groups attached to an aromatic ring is 1. The molecule has 0 aliphatic heterocycles. The first kappa shape index (κ1) is 11.2. The van der Waals surface area contributed by atoms with Gasteiger partial charge in [0, 0.05) is 6.20 Å². The number of nitrogens with one attached hydrogen (secondary N) is 1. The van der Waals surface area contributed by atoms with E-state index in [1.165, 1.54) is 6.92 Å². The number of fused-ring (bicyclic) bond motifs is 1. The number of aromatic nitrogens is 1. The summed E-state index contributed by atoms with van der Waals surface area (Å²) in [6.45, 7) is 1.43. The van der Waals surface area contributed by atoms with E-state index in [0.29, 0.717) is 0 Å². The number of nitriles is 1. The van der Waals surface area contributed by atoms with E-state index in [1.54, 1.807) is 0 Å². The van der Waals surface area contributed by atoms with Crippen LogP contribution in [0.15, 0.2) is 12.3 Å². The molecule has 0 radical (unpaired) electrons. The number of pyridine rings is 1.